The van der Waals surface area contributed by atoms with Crippen LogP contribution in [-0.4, -0.2) is 60.4 Å². The quantitative estimate of drug-likeness (QED) is 0.742. The Morgan fingerprint density at radius 1 is 1.56 bits per heavy atom. The molecular weight excluding hydrogens is 232 g/mol. The number of ether oxygens (including phenoxy) is 1. The van der Waals surface area contributed by atoms with E-state index < -0.39 is 11.5 Å². The molecule has 1 unspecified atom stereocenters. The van der Waals surface area contributed by atoms with Crippen LogP contribution in [0.4, 0.5) is 0 Å². The summed E-state index contributed by atoms with van der Waals surface area (Å²) in [5, 5.41) is 12.0. The van der Waals surface area contributed by atoms with Crippen molar-refractivity contribution in [3.63, 3.8) is 0 Å². The van der Waals surface area contributed by atoms with Crippen molar-refractivity contribution >= 4 is 5.97 Å². The minimum absolute atomic E-state index is 0.0860. The van der Waals surface area contributed by atoms with Crippen LogP contribution >= 0.6 is 0 Å². The molecule has 0 aliphatic carbocycles. The number of carboxylic acids is 1. The van der Waals surface area contributed by atoms with Crippen molar-refractivity contribution in [2.24, 2.45) is 0 Å². The van der Waals surface area contributed by atoms with Gasteiger partial charge in [0.05, 0.1) is 12.2 Å². The summed E-state index contributed by atoms with van der Waals surface area (Å²) >= 11 is 0. The van der Waals surface area contributed by atoms with E-state index in [1.54, 1.807) is 14.0 Å². The van der Waals surface area contributed by atoms with Gasteiger partial charge in [0, 0.05) is 13.1 Å². The van der Waals surface area contributed by atoms with Crippen molar-refractivity contribution in [3.05, 3.63) is 0 Å². The van der Waals surface area contributed by atoms with E-state index in [4.69, 9.17) is 9.84 Å². The van der Waals surface area contributed by atoms with Crippen LogP contribution in [0.5, 0.6) is 0 Å². The van der Waals surface area contributed by atoms with Crippen molar-refractivity contribution in [2.45, 2.75) is 44.8 Å². The van der Waals surface area contributed by atoms with Crippen LogP contribution < -0.4 is 5.32 Å². The predicted octanol–water partition coefficient (Wildman–Crippen LogP) is 0.940. The first-order chi connectivity index (χ1) is 8.29. The van der Waals surface area contributed by atoms with E-state index in [-0.39, 0.29) is 5.60 Å². The van der Waals surface area contributed by atoms with Crippen LogP contribution in [0.3, 0.4) is 0 Å². The number of likely N-dealkylation sites (N-methyl/N-ethyl adjacent to an activating group) is 1. The molecule has 0 bridgehead atoms. The fraction of sp³-hybridized carbons (Fsp3) is 0.923. The van der Waals surface area contributed by atoms with Gasteiger partial charge in [0.2, 0.25) is 0 Å². The van der Waals surface area contributed by atoms with Gasteiger partial charge < -0.3 is 15.2 Å². The number of carboxylic acid groups (broad SMARTS) is 1. The van der Waals surface area contributed by atoms with E-state index >= 15 is 0 Å². The van der Waals surface area contributed by atoms with Crippen LogP contribution in [-0.2, 0) is 9.53 Å². The second-order valence-corrected chi connectivity index (χ2v) is 5.88. The molecule has 106 valence electrons. The third-order valence-electron chi connectivity index (χ3n) is 3.68. The van der Waals surface area contributed by atoms with Gasteiger partial charge in [0.15, 0.2) is 0 Å². The summed E-state index contributed by atoms with van der Waals surface area (Å²) in [6.45, 7) is 9.45. The first kappa shape index (κ1) is 15.4. The highest BCUT2D eigenvalue weighted by atomic mass is 16.5. The molecule has 0 aromatic carbocycles. The largest absolute Gasteiger partial charge is 0.480 e. The monoisotopic (exact) mass is 258 g/mol. The lowest BCUT2D eigenvalue weighted by Gasteiger charge is -2.38. The SMILES string of the molecule is CNC(C)(CCCN1CCOC(C)(C)C1)C(=O)O. The van der Waals surface area contributed by atoms with Gasteiger partial charge in [-0.1, -0.05) is 0 Å². The Hall–Kier alpha value is -0.650. The molecule has 5 heteroatoms. The maximum Gasteiger partial charge on any atom is 0.323 e. The minimum atomic E-state index is -0.818. The third-order valence-corrected chi connectivity index (χ3v) is 3.68. The highest BCUT2D eigenvalue weighted by molar-refractivity contribution is 5.78. The lowest BCUT2D eigenvalue weighted by Crippen LogP contribution is -2.50. The topological polar surface area (TPSA) is 61.8 Å². The first-order valence-corrected chi connectivity index (χ1v) is 6.58. The maximum atomic E-state index is 11.1. The average molecular weight is 258 g/mol. The lowest BCUT2D eigenvalue weighted by molar-refractivity contribution is -0.144. The van der Waals surface area contributed by atoms with Gasteiger partial charge >= 0.3 is 5.97 Å². The summed E-state index contributed by atoms with van der Waals surface area (Å²) in [5.74, 6) is -0.785. The smallest absolute Gasteiger partial charge is 0.323 e. The Balaban J connectivity index is 2.35. The van der Waals surface area contributed by atoms with Gasteiger partial charge in [-0.15, -0.1) is 0 Å². The molecule has 0 amide bonds. The fourth-order valence-corrected chi connectivity index (χ4v) is 2.30. The van der Waals surface area contributed by atoms with Crippen molar-refractivity contribution < 1.29 is 14.6 Å². The molecule has 2 N–H and O–H groups in total. The van der Waals surface area contributed by atoms with E-state index in [1.807, 2.05) is 0 Å². The van der Waals surface area contributed by atoms with Gasteiger partial charge in [-0.2, -0.15) is 0 Å². The summed E-state index contributed by atoms with van der Waals surface area (Å²) < 4.78 is 5.65. The molecule has 1 aliphatic rings. The molecule has 1 fully saturated rings. The van der Waals surface area contributed by atoms with E-state index in [2.05, 4.69) is 24.1 Å². The summed E-state index contributed by atoms with van der Waals surface area (Å²) in [5.41, 5.74) is -0.904. The van der Waals surface area contributed by atoms with Crippen molar-refractivity contribution in [2.75, 3.05) is 33.3 Å². The first-order valence-electron chi connectivity index (χ1n) is 6.58. The lowest BCUT2D eigenvalue weighted by atomic mass is 9.96. The Morgan fingerprint density at radius 3 is 2.72 bits per heavy atom. The molecule has 1 heterocycles. The van der Waals surface area contributed by atoms with E-state index in [1.165, 1.54) is 0 Å². The van der Waals surface area contributed by atoms with E-state index in [0.717, 1.165) is 32.7 Å². The average Bonchev–Trinajstić information content (AvgIpc) is 2.27. The van der Waals surface area contributed by atoms with Gasteiger partial charge in [-0.3, -0.25) is 9.69 Å². The summed E-state index contributed by atoms with van der Waals surface area (Å²) in [6, 6.07) is 0. The van der Waals surface area contributed by atoms with Crippen LogP contribution in [0.1, 0.15) is 33.6 Å². The fourth-order valence-electron chi connectivity index (χ4n) is 2.30. The molecule has 1 rings (SSSR count). The maximum absolute atomic E-state index is 11.1. The minimum Gasteiger partial charge on any atom is -0.480 e. The molecule has 18 heavy (non-hydrogen) atoms. The van der Waals surface area contributed by atoms with Crippen molar-refractivity contribution in [1.29, 1.82) is 0 Å². The number of morpholine rings is 1. The molecule has 1 aliphatic heterocycles. The Kier molecular flexibility index (Phi) is 5.13. The number of nitrogens with zero attached hydrogens (tertiary/aromatic N) is 1. The molecule has 0 spiro atoms. The van der Waals surface area contributed by atoms with Crippen LogP contribution in [0.2, 0.25) is 0 Å². The number of rotatable bonds is 6. The van der Waals surface area contributed by atoms with Crippen molar-refractivity contribution in [1.82, 2.24) is 10.2 Å². The standard InChI is InChI=1S/C13H26N2O3/c1-12(2)10-15(8-9-18-12)7-5-6-13(3,14-4)11(16)17/h14H,5-10H2,1-4H3,(H,16,17). The zero-order chi connectivity index (χ0) is 13.8. The number of hydrogen-bond acceptors (Lipinski definition) is 4. The molecule has 5 nitrogen and oxygen atoms in total. The molecule has 1 atom stereocenters. The normalized spacial score (nSPS) is 23.6. The van der Waals surface area contributed by atoms with Crippen LogP contribution in [0.15, 0.2) is 0 Å². The van der Waals surface area contributed by atoms with Gasteiger partial charge in [-0.25, -0.2) is 0 Å². The van der Waals surface area contributed by atoms with Gasteiger partial charge in [-0.05, 0) is 47.2 Å². The highest BCUT2D eigenvalue weighted by Gasteiger charge is 2.31. The molecule has 0 aromatic heterocycles. The summed E-state index contributed by atoms with van der Waals surface area (Å²) in [7, 11) is 1.70. The highest BCUT2D eigenvalue weighted by Crippen LogP contribution is 2.18. The van der Waals surface area contributed by atoms with Gasteiger partial charge in [0.25, 0.3) is 0 Å². The molecular formula is C13H26N2O3. The number of carbonyl (C=O) groups is 1. The molecule has 1 saturated heterocycles. The van der Waals surface area contributed by atoms with E-state index in [9.17, 15) is 4.79 Å². The number of aliphatic carboxylic acids is 1. The molecule has 0 saturated carbocycles. The predicted molar refractivity (Wildman–Crippen MR) is 70.8 cm³/mol. The molecule has 0 aromatic rings. The zero-order valence-electron chi connectivity index (χ0n) is 12.0. The number of hydrogen-bond donors (Lipinski definition) is 2. The van der Waals surface area contributed by atoms with E-state index in [0.29, 0.717) is 6.42 Å². The van der Waals surface area contributed by atoms with Crippen molar-refractivity contribution in [3.8, 4) is 0 Å². The number of nitrogens with one attached hydrogen (secondary N) is 1. The second-order valence-electron chi connectivity index (χ2n) is 5.88. The third kappa shape index (κ3) is 4.23. The Morgan fingerprint density at radius 2 is 2.22 bits per heavy atom. The Labute approximate surface area is 109 Å². The van der Waals surface area contributed by atoms with Crippen LogP contribution in [0, 0.1) is 0 Å². The summed E-state index contributed by atoms with van der Waals surface area (Å²) in [6.07, 6.45) is 1.51. The Bertz CT molecular complexity index is 294. The molecule has 0 radical (unpaired) electrons. The van der Waals surface area contributed by atoms with Gasteiger partial charge in [0.1, 0.15) is 5.54 Å². The summed E-state index contributed by atoms with van der Waals surface area (Å²) in [4.78, 5) is 13.5. The zero-order valence-corrected chi connectivity index (χ0v) is 12.0. The second kappa shape index (κ2) is 5.99. The van der Waals surface area contributed by atoms with Crippen LogP contribution in [0.25, 0.3) is 0 Å².